The van der Waals surface area contributed by atoms with Crippen molar-refractivity contribution >= 4 is 13.8 Å². The molecule has 0 radical (unpaired) electrons. The molecule has 0 fully saturated rings. The highest BCUT2D eigenvalue weighted by Gasteiger charge is 2.37. The van der Waals surface area contributed by atoms with E-state index in [2.05, 4.69) is 5.10 Å². The highest BCUT2D eigenvalue weighted by molar-refractivity contribution is 7.48. The van der Waals surface area contributed by atoms with Crippen molar-refractivity contribution in [1.29, 1.82) is 0 Å². The van der Waals surface area contributed by atoms with Crippen LogP contribution in [0.2, 0.25) is 0 Å². The Morgan fingerprint density at radius 1 is 1.12 bits per heavy atom. The number of carboxylic acids is 1. The first-order valence-corrected chi connectivity index (χ1v) is 9.03. The fraction of sp³-hybridized carbons (Fsp3) is 0.733. The molecule has 1 aromatic rings. The van der Waals surface area contributed by atoms with E-state index < -0.39 is 25.0 Å². The monoisotopic (exact) mass is 362 g/mol. The maximum absolute atomic E-state index is 12.9. The number of carbonyl (C=O) groups is 1. The second-order valence-electron chi connectivity index (χ2n) is 7.48. The van der Waals surface area contributed by atoms with Crippen LogP contribution in [0.4, 0.5) is 0 Å². The highest BCUT2D eigenvalue weighted by atomic mass is 31.2. The minimum atomic E-state index is -3.89. The molecule has 1 N–H and O–H groups in total. The van der Waals surface area contributed by atoms with Crippen LogP contribution in [0, 0.1) is 13.8 Å². The van der Waals surface area contributed by atoms with E-state index in [1.165, 1.54) is 4.68 Å². The third-order valence-electron chi connectivity index (χ3n) is 2.82. The first-order valence-electron chi connectivity index (χ1n) is 7.57. The summed E-state index contributed by atoms with van der Waals surface area (Å²) in [7, 11) is -3.89. The molecule has 0 saturated carbocycles. The Morgan fingerprint density at radius 3 is 1.92 bits per heavy atom. The van der Waals surface area contributed by atoms with Crippen molar-refractivity contribution in [1.82, 2.24) is 9.78 Å². The van der Waals surface area contributed by atoms with Crippen molar-refractivity contribution in [3.63, 3.8) is 0 Å². The maximum Gasteiger partial charge on any atom is 0.477 e. The van der Waals surface area contributed by atoms with Crippen LogP contribution in [0.1, 0.15) is 63.3 Å². The predicted molar refractivity (Wildman–Crippen MR) is 89.0 cm³/mol. The zero-order valence-electron chi connectivity index (χ0n) is 15.5. The second kappa shape index (κ2) is 6.96. The van der Waals surface area contributed by atoms with Crippen molar-refractivity contribution in [3.05, 3.63) is 17.0 Å². The lowest BCUT2D eigenvalue weighted by Crippen LogP contribution is -2.25. The fourth-order valence-corrected chi connectivity index (χ4v) is 3.57. The minimum Gasteiger partial charge on any atom is -0.476 e. The Bertz CT molecular complexity index is 634. The van der Waals surface area contributed by atoms with Crippen molar-refractivity contribution in [2.24, 2.45) is 0 Å². The Balaban J connectivity index is 3.03. The standard InChI is InChI=1S/C15H27N2O6P/c1-10-11(2)17(16-12(10)13(18)19)9-21-24(20,22-14(3,4)5)23-15(6,7)8/h9H2,1-8H3,(H,18,19). The number of aromatic nitrogens is 2. The number of nitrogens with zero attached hydrogens (tertiary/aromatic N) is 2. The first kappa shape index (κ1) is 20.8. The third-order valence-corrected chi connectivity index (χ3v) is 4.79. The summed E-state index contributed by atoms with van der Waals surface area (Å²) in [5.74, 6) is -1.13. The van der Waals surface area contributed by atoms with Crippen LogP contribution in [-0.2, 0) is 24.9 Å². The van der Waals surface area contributed by atoms with Gasteiger partial charge in [-0.25, -0.2) is 14.0 Å². The van der Waals surface area contributed by atoms with Gasteiger partial charge in [0, 0.05) is 11.3 Å². The van der Waals surface area contributed by atoms with E-state index in [0.717, 1.165) is 0 Å². The molecule has 0 bridgehead atoms. The lowest BCUT2D eigenvalue weighted by molar-refractivity contribution is -0.00779. The number of hydrogen-bond donors (Lipinski definition) is 1. The lowest BCUT2D eigenvalue weighted by atomic mass is 10.2. The number of carboxylic acid groups (broad SMARTS) is 1. The Hall–Kier alpha value is -1.21. The molecule has 1 rings (SSSR count). The number of aromatic carboxylic acids is 1. The summed E-state index contributed by atoms with van der Waals surface area (Å²) >= 11 is 0. The van der Waals surface area contributed by atoms with Gasteiger partial charge in [-0.05, 0) is 55.4 Å². The van der Waals surface area contributed by atoms with Crippen LogP contribution in [0.25, 0.3) is 0 Å². The van der Waals surface area contributed by atoms with Gasteiger partial charge in [0.1, 0.15) is 0 Å². The van der Waals surface area contributed by atoms with Gasteiger partial charge >= 0.3 is 13.8 Å². The van der Waals surface area contributed by atoms with Crippen LogP contribution in [0.15, 0.2) is 0 Å². The summed E-state index contributed by atoms with van der Waals surface area (Å²) in [6.07, 6.45) is 0. The SMILES string of the molecule is Cc1c(C(=O)O)nn(COP(=O)(OC(C)(C)C)OC(C)(C)C)c1C. The van der Waals surface area contributed by atoms with E-state index >= 15 is 0 Å². The van der Waals surface area contributed by atoms with Crippen LogP contribution < -0.4 is 0 Å². The molecule has 0 aliphatic heterocycles. The van der Waals surface area contributed by atoms with Gasteiger partial charge in [0.05, 0.1) is 11.2 Å². The summed E-state index contributed by atoms with van der Waals surface area (Å²) < 4.78 is 30.7. The van der Waals surface area contributed by atoms with E-state index in [9.17, 15) is 9.36 Å². The molecular formula is C15H27N2O6P. The number of phosphoric acid groups is 1. The van der Waals surface area contributed by atoms with Crippen molar-refractivity contribution in [2.45, 2.75) is 73.3 Å². The average Bonchev–Trinajstić information content (AvgIpc) is 2.59. The molecule has 0 unspecified atom stereocenters. The molecule has 0 aliphatic carbocycles. The van der Waals surface area contributed by atoms with Crippen molar-refractivity contribution in [3.8, 4) is 0 Å². The average molecular weight is 362 g/mol. The Morgan fingerprint density at radius 2 is 1.58 bits per heavy atom. The lowest BCUT2D eigenvalue weighted by Gasteiger charge is -2.30. The Labute approximate surface area is 142 Å². The Kier molecular flexibility index (Phi) is 6.04. The molecule has 138 valence electrons. The number of phosphoric ester groups is 1. The van der Waals surface area contributed by atoms with Crippen molar-refractivity contribution < 1.29 is 28.0 Å². The van der Waals surface area contributed by atoms with Crippen LogP contribution >= 0.6 is 7.82 Å². The quantitative estimate of drug-likeness (QED) is 0.766. The van der Waals surface area contributed by atoms with Crippen molar-refractivity contribution in [2.75, 3.05) is 0 Å². The highest BCUT2D eigenvalue weighted by Crippen LogP contribution is 2.55. The summed E-state index contributed by atoms with van der Waals surface area (Å²) in [5, 5.41) is 13.1. The topological polar surface area (TPSA) is 99.9 Å². The zero-order chi connectivity index (χ0) is 18.9. The van der Waals surface area contributed by atoms with E-state index in [1.54, 1.807) is 55.4 Å². The van der Waals surface area contributed by atoms with Gasteiger partial charge < -0.3 is 5.11 Å². The molecule has 8 nitrogen and oxygen atoms in total. The molecule has 0 aromatic carbocycles. The molecule has 1 aromatic heterocycles. The van der Waals surface area contributed by atoms with Gasteiger partial charge in [-0.15, -0.1) is 0 Å². The summed E-state index contributed by atoms with van der Waals surface area (Å²) in [5.41, 5.74) is -0.441. The molecule has 0 spiro atoms. The molecule has 1 heterocycles. The molecule has 9 heteroatoms. The first-order chi connectivity index (χ1) is 10.6. The molecular weight excluding hydrogens is 335 g/mol. The van der Waals surface area contributed by atoms with Gasteiger partial charge in [-0.3, -0.25) is 13.6 Å². The smallest absolute Gasteiger partial charge is 0.476 e. The summed E-state index contributed by atoms with van der Waals surface area (Å²) in [6, 6.07) is 0. The summed E-state index contributed by atoms with van der Waals surface area (Å²) in [4.78, 5) is 11.1. The number of hydrogen-bond acceptors (Lipinski definition) is 6. The van der Waals surface area contributed by atoms with E-state index in [-0.39, 0.29) is 12.4 Å². The van der Waals surface area contributed by atoms with E-state index in [0.29, 0.717) is 11.3 Å². The maximum atomic E-state index is 12.9. The summed E-state index contributed by atoms with van der Waals surface area (Å²) in [6.45, 7) is 13.5. The van der Waals surface area contributed by atoms with Gasteiger partial charge in [-0.1, -0.05) is 0 Å². The van der Waals surface area contributed by atoms with Gasteiger partial charge in [0.2, 0.25) is 0 Å². The second-order valence-corrected chi connectivity index (χ2v) is 8.99. The van der Waals surface area contributed by atoms with Gasteiger partial charge in [0.15, 0.2) is 12.4 Å². The normalized spacial score (nSPS) is 13.3. The fourth-order valence-electron chi connectivity index (χ4n) is 1.83. The zero-order valence-corrected chi connectivity index (χ0v) is 16.4. The molecule has 0 aliphatic rings. The van der Waals surface area contributed by atoms with E-state index in [1.807, 2.05) is 0 Å². The van der Waals surface area contributed by atoms with E-state index in [4.69, 9.17) is 18.7 Å². The molecule has 0 saturated heterocycles. The predicted octanol–water partition coefficient (Wildman–Crippen LogP) is 3.91. The van der Waals surface area contributed by atoms with Crippen LogP contribution in [0.3, 0.4) is 0 Å². The van der Waals surface area contributed by atoms with Crippen LogP contribution in [-0.4, -0.2) is 32.1 Å². The van der Waals surface area contributed by atoms with Gasteiger partial charge in [-0.2, -0.15) is 5.10 Å². The minimum absolute atomic E-state index is 0.0700. The van der Waals surface area contributed by atoms with Crippen LogP contribution in [0.5, 0.6) is 0 Å². The molecule has 0 amide bonds. The molecule has 24 heavy (non-hydrogen) atoms. The number of rotatable bonds is 6. The van der Waals surface area contributed by atoms with Gasteiger partial charge in [0.25, 0.3) is 0 Å². The molecule has 0 atom stereocenters. The third kappa shape index (κ3) is 6.02. The largest absolute Gasteiger partial charge is 0.477 e.